The third kappa shape index (κ3) is 5.86. The summed E-state index contributed by atoms with van der Waals surface area (Å²) in [6.07, 6.45) is 0. The lowest BCUT2D eigenvalue weighted by Crippen LogP contribution is -2.31. The first-order valence-electron chi connectivity index (χ1n) is 20.6. The molecule has 0 radical (unpaired) electrons. The summed E-state index contributed by atoms with van der Waals surface area (Å²) in [5.74, 6) is 0. The van der Waals surface area contributed by atoms with Crippen molar-refractivity contribution < 1.29 is 0 Å². The van der Waals surface area contributed by atoms with E-state index in [-0.39, 0.29) is 0 Å². The molecule has 3 nitrogen and oxygen atoms in total. The summed E-state index contributed by atoms with van der Waals surface area (Å²) in [4.78, 5) is 7.93. The average molecular weight is 768 g/mol. The molecule has 2 heterocycles. The van der Waals surface area contributed by atoms with Crippen molar-refractivity contribution in [1.29, 1.82) is 0 Å². The number of nitrogens with zero attached hydrogens (tertiary/aromatic N) is 3. The quantitative estimate of drug-likeness (QED) is 0.151. The van der Waals surface area contributed by atoms with Crippen molar-refractivity contribution in [1.82, 2.24) is 4.57 Å². The lowest BCUT2D eigenvalue weighted by molar-refractivity contribution is 0.794. The Labute approximate surface area is 350 Å². The van der Waals surface area contributed by atoms with Crippen LogP contribution >= 0.6 is 0 Å². The van der Waals surface area contributed by atoms with Crippen molar-refractivity contribution >= 4 is 50.3 Å². The molecule has 11 rings (SSSR count). The lowest BCUT2D eigenvalue weighted by atomic mass is 9.71. The highest BCUT2D eigenvalue weighted by atomic mass is 15.1. The van der Waals surface area contributed by atoms with Gasteiger partial charge in [0.05, 0.1) is 27.8 Å². The van der Waals surface area contributed by atoms with Crippen LogP contribution in [0.2, 0.25) is 0 Å². The van der Waals surface area contributed by atoms with Gasteiger partial charge in [-0.3, -0.25) is 4.99 Å². The van der Waals surface area contributed by atoms with Crippen LogP contribution in [0, 0.1) is 0 Å². The molecule has 0 aliphatic carbocycles. The highest BCUT2D eigenvalue weighted by Crippen LogP contribution is 2.51. The summed E-state index contributed by atoms with van der Waals surface area (Å²) in [6.45, 7) is 2.33. The Hall–Kier alpha value is -7.75. The topological polar surface area (TPSA) is 20.5 Å². The lowest BCUT2D eigenvalue weighted by Gasteiger charge is -2.29. The Morgan fingerprint density at radius 2 is 0.850 bits per heavy atom. The van der Waals surface area contributed by atoms with Gasteiger partial charge in [0.25, 0.3) is 0 Å². The average Bonchev–Trinajstić information content (AvgIpc) is 3.83. The zero-order valence-electron chi connectivity index (χ0n) is 33.3. The van der Waals surface area contributed by atoms with E-state index in [0.717, 1.165) is 50.7 Å². The van der Waals surface area contributed by atoms with Crippen LogP contribution < -0.4 is 4.90 Å². The minimum atomic E-state index is -0.418. The highest BCUT2D eigenvalue weighted by Gasteiger charge is 2.42. The van der Waals surface area contributed by atoms with Gasteiger partial charge in [0.15, 0.2) is 0 Å². The summed E-state index contributed by atoms with van der Waals surface area (Å²) < 4.78 is 2.40. The second-order valence-corrected chi connectivity index (χ2v) is 15.7. The Morgan fingerprint density at radius 1 is 0.400 bits per heavy atom. The maximum Gasteiger partial charge on any atom is 0.0779 e. The highest BCUT2D eigenvalue weighted by molar-refractivity contribution is 6.22. The van der Waals surface area contributed by atoms with Crippen molar-refractivity contribution in [3.05, 3.63) is 247 Å². The van der Waals surface area contributed by atoms with Gasteiger partial charge in [0.1, 0.15) is 0 Å². The number of hydrogen-bond donors (Lipinski definition) is 0. The monoisotopic (exact) mass is 767 g/mol. The fraction of sp³-hybridized carbons (Fsp3) is 0.0351. The van der Waals surface area contributed by atoms with E-state index in [0.29, 0.717) is 0 Å². The molecule has 1 atom stereocenters. The summed E-state index contributed by atoms with van der Waals surface area (Å²) in [6, 6.07) is 82.8. The van der Waals surface area contributed by atoms with Gasteiger partial charge in [-0.1, -0.05) is 170 Å². The number of aromatic nitrogens is 1. The SMILES string of the molecule is CC1(c2ccccc2)C(c2ccccc2)=Nc2c1ccc1c2c2ccccc2n1-c1ccc(N(c2ccc(-c3ccccc3)cc2)c2ccc(-c3ccccc3)cc2)cc1. The molecule has 0 amide bonds. The predicted octanol–water partition coefficient (Wildman–Crippen LogP) is 15.0. The summed E-state index contributed by atoms with van der Waals surface area (Å²) in [7, 11) is 0. The van der Waals surface area contributed by atoms with Crippen LogP contribution in [-0.2, 0) is 5.41 Å². The Kier molecular flexibility index (Phi) is 8.60. The van der Waals surface area contributed by atoms with Gasteiger partial charge in [-0.25, -0.2) is 0 Å². The van der Waals surface area contributed by atoms with E-state index >= 15 is 0 Å². The maximum absolute atomic E-state index is 5.59. The largest absolute Gasteiger partial charge is 0.311 e. The number of aliphatic imine (C=N–C) groups is 1. The van der Waals surface area contributed by atoms with Crippen molar-refractivity contribution in [3.8, 4) is 27.9 Å². The first-order valence-corrected chi connectivity index (χ1v) is 20.6. The zero-order chi connectivity index (χ0) is 40.0. The van der Waals surface area contributed by atoms with E-state index < -0.39 is 5.41 Å². The van der Waals surface area contributed by atoms with Gasteiger partial charge in [-0.05, 0) is 107 Å². The smallest absolute Gasteiger partial charge is 0.0779 e. The molecule has 0 spiro atoms. The molecule has 10 aromatic rings. The Bertz CT molecular complexity index is 3070. The molecule has 0 N–H and O–H groups in total. The third-order valence-corrected chi connectivity index (χ3v) is 12.3. The van der Waals surface area contributed by atoms with Gasteiger partial charge in [0.2, 0.25) is 0 Å². The van der Waals surface area contributed by atoms with Crippen molar-refractivity contribution in [2.45, 2.75) is 12.3 Å². The molecule has 1 aliphatic heterocycles. The van der Waals surface area contributed by atoms with E-state index in [2.05, 4.69) is 247 Å². The van der Waals surface area contributed by atoms with E-state index in [1.54, 1.807) is 0 Å². The number of rotatable bonds is 8. The molecular weight excluding hydrogens is 727 g/mol. The van der Waals surface area contributed by atoms with E-state index in [1.165, 1.54) is 44.2 Å². The zero-order valence-corrected chi connectivity index (χ0v) is 33.3. The van der Waals surface area contributed by atoms with Crippen LogP contribution in [0.3, 0.4) is 0 Å². The second-order valence-electron chi connectivity index (χ2n) is 15.7. The fourth-order valence-corrected chi connectivity index (χ4v) is 9.27. The van der Waals surface area contributed by atoms with Crippen molar-refractivity contribution in [3.63, 3.8) is 0 Å². The standard InChI is InChI=1S/C57H41N3/c1-57(45-22-12-5-13-23-45)51-38-39-53-54(55(51)58-56(57)44-20-10-4-11-21-44)50-24-14-15-25-52(50)60(53)49-36-34-48(35-37-49)59(46-30-26-42(27-31-46)40-16-6-2-7-17-40)47-32-28-43(29-33-47)41-18-8-3-9-19-41/h2-39H,1H3. The molecule has 9 aromatic carbocycles. The summed E-state index contributed by atoms with van der Waals surface area (Å²) in [5.41, 5.74) is 16.8. The molecule has 284 valence electrons. The van der Waals surface area contributed by atoms with Crippen LogP contribution in [0.1, 0.15) is 23.6 Å². The van der Waals surface area contributed by atoms with Crippen LogP contribution in [-0.4, -0.2) is 10.3 Å². The van der Waals surface area contributed by atoms with Gasteiger partial charge in [0, 0.05) is 33.5 Å². The Morgan fingerprint density at radius 3 is 1.40 bits per heavy atom. The molecule has 0 fully saturated rings. The van der Waals surface area contributed by atoms with Gasteiger partial charge < -0.3 is 9.47 Å². The molecule has 3 heteroatoms. The first kappa shape index (κ1) is 35.4. The predicted molar refractivity (Wildman–Crippen MR) is 252 cm³/mol. The van der Waals surface area contributed by atoms with E-state index in [9.17, 15) is 0 Å². The molecular formula is C57H41N3. The van der Waals surface area contributed by atoms with Crippen LogP contribution in [0.4, 0.5) is 22.7 Å². The number of para-hydroxylation sites is 1. The summed E-state index contributed by atoms with van der Waals surface area (Å²) in [5, 5.41) is 2.37. The van der Waals surface area contributed by atoms with Crippen LogP contribution in [0.5, 0.6) is 0 Å². The van der Waals surface area contributed by atoms with Gasteiger partial charge in [-0.15, -0.1) is 0 Å². The van der Waals surface area contributed by atoms with E-state index in [1.807, 2.05) is 0 Å². The first-order chi connectivity index (χ1) is 29.6. The number of benzene rings is 9. The molecule has 0 bridgehead atoms. The van der Waals surface area contributed by atoms with Crippen LogP contribution in [0.25, 0.3) is 49.7 Å². The molecule has 0 saturated carbocycles. The molecule has 1 aromatic heterocycles. The molecule has 1 aliphatic rings. The number of fused-ring (bicyclic) bond motifs is 5. The number of anilines is 3. The van der Waals surface area contributed by atoms with E-state index in [4.69, 9.17) is 4.99 Å². The Balaban J connectivity index is 1.04. The second kappa shape index (κ2) is 14.6. The number of hydrogen-bond acceptors (Lipinski definition) is 2. The molecule has 60 heavy (non-hydrogen) atoms. The van der Waals surface area contributed by atoms with Crippen LogP contribution in [0.15, 0.2) is 236 Å². The minimum absolute atomic E-state index is 0.418. The van der Waals surface area contributed by atoms with Crippen molar-refractivity contribution in [2.24, 2.45) is 4.99 Å². The van der Waals surface area contributed by atoms with Gasteiger partial charge >= 0.3 is 0 Å². The maximum atomic E-state index is 5.59. The normalized spacial score (nSPS) is 14.6. The van der Waals surface area contributed by atoms with Crippen molar-refractivity contribution in [2.75, 3.05) is 4.90 Å². The molecule has 0 saturated heterocycles. The third-order valence-electron chi connectivity index (χ3n) is 12.3. The molecule has 1 unspecified atom stereocenters. The van der Waals surface area contributed by atoms with Gasteiger partial charge in [-0.2, -0.15) is 0 Å². The summed E-state index contributed by atoms with van der Waals surface area (Å²) >= 11 is 0. The fourth-order valence-electron chi connectivity index (χ4n) is 9.27. The minimum Gasteiger partial charge on any atom is -0.311 e.